The van der Waals surface area contributed by atoms with Crippen molar-refractivity contribution in [2.45, 2.75) is 53.6 Å². The van der Waals surface area contributed by atoms with Crippen LogP contribution in [-0.2, 0) is 27.2 Å². The third-order valence-corrected chi connectivity index (χ3v) is 18.4. The summed E-state index contributed by atoms with van der Waals surface area (Å²) in [6, 6.07) is 0. The van der Waals surface area contributed by atoms with Crippen LogP contribution < -0.4 is 0 Å². The van der Waals surface area contributed by atoms with E-state index in [-0.39, 0.29) is 26.4 Å². The fourth-order valence-corrected chi connectivity index (χ4v) is 17.6. The molecule has 0 aliphatic carbocycles. The van der Waals surface area contributed by atoms with Crippen LogP contribution in [0.1, 0.15) is 48.5 Å². The zero-order valence-electron chi connectivity index (χ0n) is 14.1. The lowest BCUT2D eigenvalue weighted by Gasteiger charge is -2.38. The SMILES string of the molecule is CCOP(=O)(OCC)P(C(C)(C)C)P(=O)(OCC)OCC. The molecule has 128 valence electrons. The van der Waals surface area contributed by atoms with Gasteiger partial charge in [-0.05, 0) is 27.7 Å². The zero-order valence-corrected chi connectivity index (χ0v) is 16.8. The topological polar surface area (TPSA) is 71.1 Å². The molecule has 6 nitrogen and oxygen atoms in total. The highest BCUT2D eigenvalue weighted by atomic mass is 32.5. The number of rotatable bonds is 10. The molecular formula is C12H29O6P3. The molecule has 0 N–H and O–H groups in total. The first-order valence-electron chi connectivity index (χ1n) is 7.20. The van der Waals surface area contributed by atoms with Crippen LogP contribution in [0.3, 0.4) is 0 Å². The van der Waals surface area contributed by atoms with Gasteiger partial charge in [-0.2, -0.15) is 0 Å². The van der Waals surface area contributed by atoms with Crippen molar-refractivity contribution in [3.8, 4) is 0 Å². The molecule has 0 amide bonds. The van der Waals surface area contributed by atoms with Crippen molar-refractivity contribution in [3.05, 3.63) is 0 Å². The molecule has 0 saturated heterocycles. The summed E-state index contributed by atoms with van der Waals surface area (Å²) in [6.07, 6.45) is 0. The molecule has 0 aromatic carbocycles. The van der Waals surface area contributed by atoms with Crippen LogP contribution in [0.4, 0.5) is 0 Å². The van der Waals surface area contributed by atoms with Crippen molar-refractivity contribution in [1.29, 1.82) is 0 Å². The second-order valence-corrected chi connectivity index (χ2v) is 16.2. The third-order valence-electron chi connectivity index (χ3n) is 2.23. The highest BCUT2D eigenvalue weighted by Gasteiger charge is 2.56. The summed E-state index contributed by atoms with van der Waals surface area (Å²) in [6.45, 7) is 13.3. The van der Waals surface area contributed by atoms with E-state index in [9.17, 15) is 9.13 Å². The largest absolute Gasteiger partial charge is 0.362 e. The highest BCUT2D eigenvalue weighted by Crippen LogP contribution is 2.99. The maximum atomic E-state index is 13.2. The van der Waals surface area contributed by atoms with Gasteiger partial charge in [-0.1, -0.05) is 20.8 Å². The van der Waals surface area contributed by atoms with Gasteiger partial charge in [-0.15, -0.1) is 0 Å². The van der Waals surface area contributed by atoms with Gasteiger partial charge >= 0.3 is 14.6 Å². The lowest BCUT2D eigenvalue weighted by Crippen LogP contribution is -2.15. The molecule has 21 heavy (non-hydrogen) atoms. The first-order chi connectivity index (χ1) is 9.61. The molecule has 0 atom stereocenters. The molecule has 0 unspecified atom stereocenters. The molecule has 0 rings (SSSR count). The highest BCUT2D eigenvalue weighted by molar-refractivity contribution is 8.60. The van der Waals surface area contributed by atoms with E-state index in [1.165, 1.54) is 0 Å². The standard InChI is InChI=1S/C12H29O6P3/c1-8-15-20(13,16-9-2)19(12(5,6)7)21(14,17-10-3)18-11-4/h8-11H2,1-7H3. The Morgan fingerprint density at radius 3 is 1.10 bits per heavy atom. The monoisotopic (exact) mass is 362 g/mol. The Hall–Kier alpha value is 0.730. The molecule has 0 heterocycles. The Morgan fingerprint density at radius 1 is 0.714 bits per heavy atom. The van der Waals surface area contributed by atoms with Gasteiger partial charge in [0, 0.05) is 5.16 Å². The Bertz CT molecular complexity index is 343. The minimum absolute atomic E-state index is 0.213. The third kappa shape index (κ3) is 6.03. The number of hydrogen-bond donors (Lipinski definition) is 0. The maximum Gasteiger partial charge on any atom is 0.362 e. The predicted octanol–water partition coefficient (Wildman–Crippen LogP) is 5.63. The van der Waals surface area contributed by atoms with Crippen molar-refractivity contribution >= 4 is 21.9 Å². The second-order valence-electron chi connectivity index (χ2n) is 5.07. The van der Waals surface area contributed by atoms with Crippen LogP contribution in [0, 0.1) is 0 Å². The summed E-state index contributed by atoms with van der Waals surface area (Å²) in [4.78, 5) is 0. The molecule has 0 radical (unpaired) electrons. The summed E-state index contributed by atoms with van der Waals surface area (Å²) in [5, 5.41) is -0.574. The van der Waals surface area contributed by atoms with E-state index in [2.05, 4.69) is 0 Å². The predicted molar refractivity (Wildman–Crippen MR) is 88.4 cm³/mol. The van der Waals surface area contributed by atoms with E-state index in [1.54, 1.807) is 27.7 Å². The van der Waals surface area contributed by atoms with E-state index in [4.69, 9.17) is 18.1 Å². The van der Waals surface area contributed by atoms with Crippen LogP contribution in [0.2, 0.25) is 0 Å². The normalized spacial score (nSPS) is 13.9. The molecule has 0 bridgehead atoms. The molecule has 0 aliphatic rings. The van der Waals surface area contributed by atoms with Gasteiger partial charge < -0.3 is 18.1 Å². The minimum atomic E-state index is -3.58. The summed E-state index contributed by atoms with van der Waals surface area (Å²) in [5.41, 5.74) is 0. The molecule has 0 aromatic rings. The van der Waals surface area contributed by atoms with Gasteiger partial charge in [0.25, 0.3) is 0 Å². The van der Waals surface area contributed by atoms with Crippen LogP contribution in [0.15, 0.2) is 0 Å². The molecular weight excluding hydrogens is 333 g/mol. The van der Waals surface area contributed by atoms with Gasteiger partial charge in [0.2, 0.25) is 0 Å². The van der Waals surface area contributed by atoms with E-state index < -0.39 is 27.0 Å². The van der Waals surface area contributed by atoms with Crippen LogP contribution in [0.5, 0.6) is 0 Å². The molecule has 0 fully saturated rings. The summed E-state index contributed by atoms with van der Waals surface area (Å²) in [7, 11) is -8.95. The van der Waals surface area contributed by atoms with E-state index in [0.29, 0.717) is 0 Å². The van der Waals surface area contributed by atoms with Crippen LogP contribution in [-0.4, -0.2) is 31.6 Å². The van der Waals surface area contributed by atoms with E-state index in [0.717, 1.165) is 0 Å². The first kappa shape index (κ1) is 21.7. The molecule has 0 aliphatic heterocycles. The van der Waals surface area contributed by atoms with Crippen molar-refractivity contribution in [1.82, 2.24) is 0 Å². The fourth-order valence-electron chi connectivity index (χ4n) is 1.81. The van der Waals surface area contributed by atoms with Gasteiger partial charge in [-0.3, -0.25) is 9.13 Å². The molecule has 0 aromatic heterocycles. The van der Waals surface area contributed by atoms with Crippen molar-refractivity contribution in [2.75, 3.05) is 26.4 Å². The summed E-state index contributed by atoms with van der Waals surface area (Å²) < 4.78 is 48.1. The molecule has 0 saturated carbocycles. The van der Waals surface area contributed by atoms with Crippen molar-refractivity contribution in [2.24, 2.45) is 0 Å². The Morgan fingerprint density at radius 2 is 0.952 bits per heavy atom. The van der Waals surface area contributed by atoms with Gasteiger partial charge in [0.1, 0.15) is 7.30 Å². The van der Waals surface area contributed by atoms with Crippen molar-refractivity contribution < 1.29 is 27.2 Å². The van der Waals surface area contributed by atoms with Gasteiger partial charge in [-0.25, -0.2) is 0 Å². The zero-order chi connectivity index (χ0) is 16.7. The Labute approximate surface area is 129 Å². The summed E-state index contributed by atoms with van der Waals surface area (Å²) in [5.74, 6) is 0. The Balaban J connectivity index is 5.95. The quantitative estimate of drug-likeness (QED) is 0.469. The van der Waals surface area contributed by atoms with Crippen molar-refractivity contribution in [3.63, 3.8) is 0 Å². The fraction of sp³-hybridized carbons (Fsp3) is 1.00. The lowest BCUT2D eigenvalue weighted by atomic mass is 10.3. The smallest absolute Gasteiger partial charge is 0.306 e. The molecule has 0 spiro atoms. The second kappa shape index (κ2) is 9.13. The average Bonchev–Trinajstić information content (AvgIpc) is 2.27. The average molecular weight is 362 g/mol. The van der Waals surface area contributed by atoms with E-state index >= 15 is 0 Å². The van der Waals surface area contributed by atoms with Gasteiger partial charge in [0.15, 0.2) is 0 Å². The molecule has 9 heteroatoms. The Kier molecular flexibility index (Phi) is 9.45. The first-order valence-corrected chi connectivity index (χ1v) is 13.0. The van der Waals surface area contributed by atoms with Crippen LogP contribution >= 0.6 is 21.9 Å². The maximum absolute atomic E-state index is 13.2. The summed E-state index contributed by atoms with van der Waals surface area (Å²) >= 11 is 0. The minimum Gasteiger partial charge on any atom is -0.306 e. The van der Waals surface area contributed by atoms with Crippen LogP contribution in [0.25, 0.3) is 0 Å². The van der Waals surface area contributed by atoms with Gasteiger partial charge in [0.05, 0.1) is 26.4 Å². The number of hydrogen-bond acceptors (Lipinski definition) is 6. The lowest BCUT2D eigenvalue weighted by molar-refractivity contribution is 0.229. The van der Waals surface area contributed by atoms with E-state index in [1.807, 2.05) is 20.8 Å².